The fourth-order valence-corrected chi connectivity index (χ4v) is 6.22. The van der Waals surface area contributed by atoms with Gasteiger partial charge in [0.2, 0.25) is 5.91 Å². The van der Waals surface area contributed by atoms with Gasteiger partial charge >= 0.3 is 6.09 Å². The lowest BCUT2D eigenvalue weighted by atomic mass is 9.93. The highest BCUT2D eigenvalue weighted by Gasteiger charge is 2.27. The lowest BCUT2D eigenvalue weighted by Gasteiger charge is -2.33. The standard InChI is InChI=1S/C36H44IN3O7/c1-36(2,3)47-35(43)40-17-15-23(16-18-40)21-39-32(41)22-38-30-14-13-28(34(42)24-7-10-26(44-4)11-8-24)29(33(30)37)19-25-9-12-27(45-5)20-31(25)46-6/h7-14,20,23,38H,15-19,21-22H2,1-6H3,(H,39,41). The van der Waals surface area contributed by atoms with Crippen molar-refractivity contribution in [2.75, 3.05) is 52.8 Å². The topological polar surface area (TPSA) is 115 Å². The van der Waals surface area contributed by atoms with Crippen LogP contribution in [-0.4, -0.2) is 75.8 Å². The van der Waals surface area contributed by atoms with Crippen molar-refractivity contribution in [3.05, 3.63) is 80.4 Å². The first-order valence-electron chi connectivity index (χ1n) is 15.6. The minimum Gasteiger partial charge on any atom is -0.497 e. The Labute approximate surface area is 290 Å². The summed E-state index contributed by atoms with van der Waals surface area (Å²) in [6.45, 7) is 7.40. The molecule has 0 unspecified atom stereocenters. The Balaban J connectivity index is 1.45. The molecule has 4 rings (SSSR count). The molecule has 0 bridgehead atoms. The molecular weight excluding hydrogens is 713 g/mol. The normalized spacial score (nSPS) is 13.5. The van der Waals surface area contributed by atoms with Crippen LogP contribution >= 0.6 is 22.6 Å². The number of anilines is 1. The number of carbonyl (C=O) groups is 3. The maximum atomic E-state index is 13.8. The van der Waals surface area contributed by atoms with Crippen molar-refractivity contribution in [3.63, 3.8) is 0 Å². The van der Waals surface area contributed by atoms with E-state index in [1.54, 1.807) is 56.6 Å². The molecule has 0 atom stereocenters. The van der Waals surface area contributed by atoms with Gasteiger partial charge in [-0.1, -0.05) is 6.07 Å². The summed E-state index contributed by atoms with van der Waals surface area (Å²) in [6, 6.07) is 16.3. The maximum Gasteiger partial charge on any atom is 0.410 e. The minimum absolute atomic E-state index is 0.0732. The second kappa shape index (κ2) is 16.2. The molecule has 3 aromatic carbocycles. The van der Waals surface area contributed by atoms with Gasteiger partial charge in [-0.25, -0.2) is 4.79 Å². The fraction of sp³-hybridized carbons (Fsp3) is 0.417. The number of nitrogens with zero attached hydrogens (tertiary/aromatic N) is 1. The molecule has 1 aliphatic rings. The summed E-state index contributed by atoms with van der Waals surface area (Å²) in [7, 11) is 4.79. The second-order valence-electron chi connectivity index (χ2n) is 12.4. The zero-order valence-electron chi connectivity index (χ0n) is 27.9. The van der Waals surface area contributed by atoms with E-state index in [2.05, 4.69) is 33.2 Å². The van der Waals surface area contributed by atoms with E-state index >= 15 is 0 Å². The van der Waals surface area contributed by atoms with Crippen molar-refractivity contribution in [1.29, 1.82) is 0 Å². The summed E-state index contributed by atoms with van der Waals surface area (Å²) in [5.41, 5.74) is 3.04. The van der Waals surface area contributed by atoms with Crippen molar-refractivity contribution in [2.45, 2.75) is 45.6 Å². The van der Waals surface area contributed by atoms with Gasteiger partial charge in [-0.05, 0) is 116 Å². The summed E-state index contributed by atoms with van der Waals surface area (Å²) in [5.74, 6) is 2.03. The number of methoxy groups -OCH3 is 3. The number of halogens is 1. The highest BCUT2D eigenvalue weighted by atomic mass is 127. The maximum absolute atomic E-state index is 13.8. The smallest absolute Gasteiger partial charge is 0.410 e. The van der Waals surface area contributed by atoms with E-state index in [9.17, 15) is 14.4 Å². The van der Waals surface area contributed by atoms with Gasteiger partial charge in [-0.15, -0.1) is 0 Å². The molecule has 47 heavy (non-hydrogen) atoms. The fourth-order valence-electron chi connectivity index (χ4n) is 5.37. The predicted molar refractivity (Wildman–Crippen MR) is 190 cm³/mol. The first-order chi connectivity index (χ1) is 22.4. The Hall–Kier alpha value is -4.00. The molecule has 1 fully saturated rings. The Morgan fingerprint density at radius 1 is 0.894 bits per heavy atom. The van der Waals surface area contributed by atoms with Crippen molar-refractivity contribution in [1.82, 2.24) is 10.2 Å². The molecule has 1 aliphatic heterocycles. The van der Waals surface area contributed by atoms with Crippen LogP contribution < -0.4 is 24.8 Å². The third-order valence-corrected chi connectivity index (χ3v) is 9.23. The number of ketones is 1. The first kappa shape index (κ1) is 35.8. The van der Waals surface area contributed by atoms with Gasteiger partial charge in [0.1, 0.15) is 22.8 Å². The number of rotatable bonds is 12. The van der Waals surface area contributed by atoms with Crippen LogP contribution in [0.1, 0.15) is 60.7 Å². The summed E-state index contributed by atoms with van der Waals surface area (Å²) in [5, 5.41) is 6.30. The molecule has 2 N–H and O–H groups in total. The molecule has 0 spiro atoms. The Morgan fingerprint density at radius 3 is 2.17 bits per heavy atom. The molecule has 0 aromatic heterocycles. The third-order valence-electron chi connectivity index (χ3n) is 8.00. The van der Waals surface area contributed by atoms with Gasteiger partial charge < -0.3 is 34.5 Å². The number of ether oxygens (including phenoxy) is 4. The van der Waals surface area contributed by atoms with E-state index in [1.807, 2.05) is 45.0 Å². The van der Waals surface area contributed by atoms with Gasteiger partial charge in [-0.2, -0.15) is 0 Å². The van der Waals surface area contributed by atoms with E-state index in [1.165, 1.54) is 0 Å². The summed E-state index contributed by atoms with van der Waals surface area (Å²) in [4.78, 5) is 40.8. The molecule has 0 aliphatic carbocycles. The highest BCUT2D eigenvalue weighted by Crippen LogP contribution is 2.33. The van der Waals surface area contributed by atoms with Crippen molar-refractivity contribution in [3.8, 4) is 17.2 Å². The SMILES string of the molecule is COc1ccc(C(=O)c2ccc(NCC(=O)NCC3CCN(C(=O)OC(C)(C)C)CC3)c(I)c2Cc2ccc(OC)cc2OC)cc1. The number of amides is 2. The van der Waals surface area contributed by atoms with Crippen LogP contribution in [0.3, 0.4) is 0 Å². The van der Waals surface area contributed by atoms with Crippen LogP contribution in [0.25, 0.3) is 0 Å². The number of hydrogen-bond acceptors (Lipinski definition) is 8. The van der Waals surface area contributed by atoms with Crippen LogP contribution in [0.5, 0.6) is 17.2 Å². The van der Waals surface area contributed by atoms with Crippen LogP contribution in [0.2, 0.25) is 0 Å². The van der Waals surface area contributed by atoms with Crippen LogP contribution in [0, 0.1) is 9.49 Å². The Bertz CT molecular complexity index is 1560. The van der Waals surface area contributed by atoms with Gasteiger partial charge in [-0.3, -0.25) is 9.59 Å². The average molecular weight is 758 g/mol. The number of likely N-dealkylation sites (tertiary alicyclic amines) is 1. The van der Waals surface area contributed by atoms with Crippen molar-refractivity contribution in [2.24, 2.45) is 5.92 Å². The van der Waals surface area contributed by atoms with Gasteiger partial charge in [0.15, 0.2) is 5.78 Å². The number of benzene rings is 3. The first-order valence-corrected chi connectivity index (χ1v) is 16.7. The zero-order chi connectivity index (χ0) is 34.1. The van der Waals surface area contributed by atoms with Crippen LogP contribution in [-0.2, 0) is 16.0 Å². The largest absolute Gasteiger partial charge is 0.497 e. The molecule has 3 aromatic rings. The molecule has 11 heteroatoms. The molecule has 10 nitrogen and oxygen atoms in total. The Kier molecular flexibility index (Phi) is 12.4. The summed E-state index contributed by atoms with van der Waals surface area (Å²) in [6.07, 6.45) is 1.73. The summed E-state index contributed by atoms with van der Waals surface area (Å²) < 4.78 is 22.6. The average Bonchev–Trinajstić information content (AvgIpc) is 3.06. The Morgan fingerprint density at radius 2 is 1.55 bits per heavy atom. The number of hydrogen-bond donors (Lipinski definition) is 2. The highest BCUT2D eigenvalue weighted by molar-refractivity contribution is 14.1. The number of carbonyl (C=O) groups excluding carboxylic acids is 3. The van der Waals surface area contributed by atoms with E-state index in [0.29, 0.717) is 54.4 Å². The predicted octanol–water partition coefficient (Wildman–Crippen LogP) is 6.31. The molecule has 1 saturated heterocycles. The van der Waals surface area contributed by atoms with Crippen molar-refractivity contribution >= 4 is 46.1 Å². The van der Waals surface area contributed by atoms with Gasteiger partial charge in [0, 0.05) is 52.5 Å². The lowest BCUT2D eigenvalue weighted by molar-refractivity contribution is -0.119. The lowest BCUT2D eigenvalue weighted by Crippen LogP contribution is -2.44. The van der Waals surface area contributed by atoms with Crippen molar-refractivity contribution < 1.29 is 33.3 Å². The van der Waals surface area contributed by atoms with E-state index in [4.69, 9.17) is 18.9 Å². The number of piperidine rings is 1. The molecule has 1 heterocycles. The molecular formula is C36H44IN3O7. The van der Waals surface area contributed by atoms with E-state index in [0.717, 1.165) is 33.2 Å². The monoisotopic (exact) mass is 757 g/mol. The van der Waals surface area contributed by atoms with Gasteiger partial charge in [0.25, 0.3) is 0 Å². The summed E-state index contributed by atoms with van der Waals surface area (Å²) >= 11 is 2.24. The molecule has 0 saturated carbocycles. The number of nitrogens with one attached hydrogen (secondary N) is 2. The molecule has 252 valence electrons. The third kappa shape index (κ3) is 9.75. The van der Waals surface area contributed by atoms with Crippen LogP contribution in [0.15, 0.2) is 54.6 Å². The zero-order valence-corrected chi connectivity index (χ0v) is 30.1. The molecule has 0 radical (unpaired) electrons. The van der Waals surface area contributed by atoms with Gasteiger partial charge in [0.05, 0.1) is 27.9 Å². The minimum atomic E-state index is -0.525. The van der Waals surface area contributed by atoms with Crippen LogP contribution in [0.4, 0.5) is 10.5 Å². The quantitative estimate of drug-likeness (QED) is 0.163. The van der Waals surface area contributed by atoms with E-state index < -0.39 is 5.60 Å². The second-order valence-corrected chi connectivity index (χ2v) is 13.5. The molecule has 2 amide bonds. The van der Waals surface area contributed by atoms with E-state index in [-0.39, 0.29) is 30.2 Å².